The second kappa shape index (κ2) is 13.6. The standard InChI is InChI=1S/C30H35Cl2N3O5S/c1-6-27(29(37)33-30(2,3)4)34(19-24-25(31)13-10-14-26(24)32)28(36)20-35(21-11-8-7-9-12-21)41(38,39)23-17-15-22(40-5)16-18-23/h7-18,27H,6,19-20H2,1-5H3,(H,33,37). The highest BCUT2D eigenvalue weighted by Crippen LogP contribution is 2.29. The van der Waals surface area contributed by atoms with Crippen LogP contribution < -0.4 is 14.4 Å². The lowest BCUT2D eigenvalue weighted by atomic mass is 10.1. The van der Waals surface area contributed by atoms with Crippen LogP contribution >= 0.6 is 23.2 Å². The summed E-state index contributed by atoms with van der Waals surface area (Å²) in [5.41, 5.74) is 0.185. The van der Waals surface area contributed by atoms with Crippen LogP contribution in [-0.4, -0.2) is 50.4 Å². The van der Waals surface area contributed by atoms with Gasteiger partial charge >= 0.3 is 0 Å². The molecular weight excluding hydrogens is 585 g/mol. The van der Waals surface area contributed by atoms with E-state index >= 15 is 0 Å². The molecule has 1 N–H and O–H groups in total. The number of sulfonamides is 1. The Kier molecular flexibility index (Phi) is 10.7. The number of hydrogen-bond donors (Lipinski definition) is 1. The van der Waals surface area contributed by atoms with Gasteiger partial charge in [-0.3, -0.25) is 13.9 Å². The molecule has 2 amide bonds. The van der Waals surface area contributed by atoms with Crippen LogP contribution in [-0.2, 0) is 26.2 Å². The highest BCUT2D eigenvalue weighted by atomic mass is 35.5. The van der Waals surface area contributed by atoms with E-state index < -0.39 is 34.1 Å². The van der Waals surface area contributed by atoms with E-state index in [1.54, 1.807) is 55.5 Å². The fourth-order valence-corrected chi connectivity index (χ4v) is 6.16. The Morgan fingerprint density at radius 2 is 1.51 bits per heavy atom. The zero-order valence-electron chi connectivity index (χ0n) is 23.7. The molecule has 41 heavy (non-hydrogen) atoms. The second-order valence-electron chi connectivity index (χ2n) is 10.4. The van der Waals surface area contributed by atoms with Gasteiger partial charge in [0.2, 0.25) is 11.8 Å². The molecule has 3 aromatic carbocycles. The first kappa shape index (κ1) is 32.2. The van der Waals surface area contributed by atoms with Gasteiger partial charge < -0.3 is 15.0 Å². The van der Waals surface area contributed by atoms with Crippen LogP contribution in [0.25, 0.3) is 0 Å². The number of ether oxygens (including phenoxy) is 1. The van der Waals surface area contributed by atoms with Crippen LogP contribution in [0, 0.1) is 0 Å². The number of methoxy groups -OCH3 is 1. The fraction of sp³-hybridized carbons (Fsp3) is 0.333. The molecule has 0 radical (unpaired) electrons. The third-order valence-electron chi connectivity index (χ3n) is 6.24. The number of carbonyl (C=O) groups is 2. The zero-order chi connectivity index (χ0) is 30.4. The van der Waals surface area contributed by atoms with E-state index in [1.165, 1.54) is 36.3 Å². The molecule has 220 valence electrons. The van der Waals surface area contributed by atoms with E-state index in [2.05, 4.69) is 5.32 Å². The maximum absolute atomic E-state index is 14.1. The Bertz CT molecular complexity index is 1440. The van der Waals surface area contributed by atoms with Crippen molar-refractivity contribution in [3.63, 3.8) is 0 Å². The number of anilines is 1. The SMILES string of the molecule is CCC(C(=O)NC(C)(C)C)N(Cc1c(Cl)cccc1Cl)C(=O)CN(c1ccccc1)S(=O)(=O)c1ccc(OC)cc1. The lowest BCUT2D eigenvalue weighted by molar-refractivity contribution is -0.141. The van der Waals surface area contributed by atoms with Gasteiger partial charge in [-0.1, -0.05) is 54.4 Å². The van der Waals surface area contributed by atoms with Crippen molar-refractivity contribution in [2.24, 2.45) is 0 Å². The van der Waals surface area contributed by atoms with Crippen LogP contribution in [0.4, 0.5) is 5.69 Å². The predicted molar refractivity (Wildman–Crippen MR) is 163 cm³/mol. The molecule has 0 spiro atoms. The first-order chi connectivity index (χ1) is 19.3. The zero-order valence-corrected chi connectivity index (χ0v) is 26.1. The first-order valence-corrected chi connectivity index (χ1v) is 15.2. The van der Waals surface area contributed by atoms with Gasteiger partial charge in [-0.05, 0) is 75.7 Å². The number of amides is 2. The van der Waals surface area contributed by atoms with E-state index in [9.17, 15) is 18.0 Å². The average Bonchev–Trinajstić information content (AvgIpc) is 2.92. The van der Waals surface area contributed by atoms with E-state index in [-0.39, 0.29) is 23.8 Å². The van der Waals surface area contributed by atoms with Crippen molar-refractivity contribution in [1.82, 2.24) is 10.2 Å². The summed E-state index contributed by atoms with van der Waals surface area (Å²) in [6.07, 6.45) is 0.270. The lowest BCUT2D eigenvalue weighted by Gasteiger charge is -2.35. The lowest BCUT2D eigenvalue weighted by Crippen LogP contribution is -2.55. The molecule has 0 heterocycles. The Balaban J connectivity index is 2.09. The third-order valence-corrected chi connectivity index (χ3v) is 8.74. The minimum atomic E-state index is -4.20. The molecule has 1 atom stereocenters. The summed E-state index contributed by atoms with van der Waals surface area (Å²) in [5, 5.41) is 3.58. The Morgan fingerprint density at radius 3 is 2.02 bits per heavy atom. The van der Waals surface area contributed by atoms with Crippen LogP contribution in [0.5, 0.6) is 5.75 Å². The van der Waals surface area contributed by atoms with Gasteiger partial charge in [0.25, 0.3) is 10.0 Å². The van der Waals surface area contributed by atoms with Gasteiger partial charge in [0, 0.05) is 27.7 Å². The Labute approximate surface area is 252 Å². The number of nitrogens with one attached hydrogen (secondary N) is 1. The van der Waals surface area contributed by atoms with Crippen molar-refractivity contribution in [2.75, 3.05) is 18.0 Å². The smallest absolute Gasteiger partial charge is 0.264 e. The Morgan fingerprint density at radius 1 is 0.927 bits per heavy atom. The van der Waals surface area contributed by atoms with Gasteiger partial charge in [0.05, 0.1) is 17.7 Å². The van der Waals surface area contributed by atoms with Gasteiger partial charge in [-0.25, -0.2) is 8.42 Å². The van der Waals surface area contributed by atoms with E-state index in [0.717, 1.165) is 4.31 Å². The maximum atomic E-state index is 14.1. The molecule has 0 saturated carbocycles. The summed E-state index contributed by atoms with van der Waals surface area (Å²) in [5.74, 6) is -0.483. The molecule has 0 saturated heterocycles. The van der Waals surface area contributed by atoms with Gasteiger partial charge in [0.15, 0.2) is 0 Å². The molecule has 0 bridgehead atoms. The Hall–Kier alpha value is -3.27. The molecule has 3 aromatic rings. The van der Waals surface area contributed by atoms with Gasteiger partial charge in [-0.15, -0.1) is 0 Å². The van der Waals surface area contributed by atoms with Crippen LogP contribution in [0.2, 0.25) is 10.0 Å². The van der Waals surface area contributed by atoms with Crippen molar-refractivity contribution >= 4 is 50.7 Å². The van der Waals surface area contributed by atoms with Gasteiger partial charge in [-0.2, -0.15) is 0 Å². The fourth-order valence-electron chi connectivity index (χ4n) is 4.22. The van der Waals surface area contributed by atoms with Gasteiger partial charge in [0.1, 0.15) is 18.3 Å². The number of rotatable bonds is 11. The normalized spacial score (nSPS) is 12.4. The summed E-state index contributed by atoms with van der Waals surface area (Å²) >= 11 is 12.9. The molecule has 0 aliphatic rings. The molecule has 0 fully saturated rings. The van der Waals surface area contributed by atoms with E-state index in [4.69, 9.17) is 27.9 Å². The first-order valence-electron chi connectivity index (χ1n) is 13.0. The molecular formula is C30H35Cl2N3O5S. The van der Waals surface area contributed by atoms with Crippen molar-refractivity contribution in [1.29, 1.82) is 0 Å². The summed E-state index contributed by atoms with van der Waals surface area (Å²) in [6.45, 7) is 6.64. The molecule has 8 nitrogen and oxygen atoms in total. The monoisotopic (exact) mass is 619 g/mol. The molecule has 11 heteroatoms. The minimum absolute atomic E-state index is 0.0202. The summed E-state index contributed by atoms with van der Waals surface area (Å²) in [4.78, 5) is 28.9. The summed E-state index contributed by atoms with van der Waals surface area (Å²) < 4.78 is 34.0. The van der Waals surface area contributed by atoms with Crippen molar-refractivity contribution in [3.8, 4) is 5.75 Å². The second-order valence-corrected chi connectivity index (χ2v) is 13.1. The predicted octanol–water partition coefficient (Wildman–Crippen LogP) is 5.92. The molecule has 3 rings (SSSR count). The number of benzene rings is 3. The van der Waals surface area contributed by atoms with Crippen LogP contribution in [0.3, 0.4) is 0 Å². The molecule has 0 aliphatic carbocycles. The molecule has 0 aromatic heterocycles. The number of nitrogens with zero attached hydrogens (tertiary/aromatic N) is 2. The number of carbonyl (C=O) groups excluding carboxylic acids is 2. The highest BCUT2D eigenvalue weighted by molar-refractivity contribution is 7.92. The molecule has 0 aliphatic heterocycles. The third kappa shape index (κ3) is 8.15. The maximum Gasteiger partial charge on any atom is 0.264 e. The number of hydrogen-bond acceptors (Lipinski definition) is 5. The number of halogens is 2. The van der Waals surface area contributed by atoms with Crippen molar-refractivity contribution < 1.29 is 22.7 Å². The average molecular weight is 621 g/mol. The number of para-hydroxylation sites is 1. The van der Waals surface area contributed by atoms with E-state index in [1.807, 2.05) is 20.8 Å². The van der Waals surface area contributed by atoms with Crippen molar-refractivity contribution in [3.05, 3.63) is 88.4 Å². The highest BCUT2D eigenvalue weighted by Gasteiger charge is 2.35. The van der Waals surface area contributed by atoms with Crippen LogP contribution in [0.15, 0.2) is 77.7 Å². The summed E-state index contributed by atoms with van der Waals surface area (Å²) in [6, 6.07) is 18.3. The van der Waals surface area contributed by atoms with Crippen molar-refractivity contribution in [2.45, 2.75) is 57.1 Å². The quantitative estimate of drug-likeness (QED) is 0.287. The van der Waals surface area contributed by atoms with Crippen LogP contribution in [0.1, 0.15) is 39.7 Å². The largest absolute Gasteiger partial charge is 0.497 e. The van der Waals surface area contributed by atoms with E-state index in [0.29, 0.717) is 27.0 Å². The topological polar surface area (TPSA) is 96.0 Å². The summed E-state index contributed by atoms with van der Waals surface area (Å²) in [7, 11) is -2.72. The molecule has 1 unspecified atom stereocenters. The minimum Gasteiger partial charge on any atom is -0.497 e.